The average Bonchev–Trinajstić information content (AvgIpc) is 2.68. The number of hydrogen-bond donors (Lipinski definition) is 2. The minimum atomic E-state index is -0.190. The summed E-state index contributed by atoms with van der Waals surface area (Å²) < 4.78 is 0. The van der Waals surface area contributed by atoms with Crippen molar-refractivity contribution in [3.63, 3.8) is 0 Å². The molecule has 2 aromatic carbocycles. The maximum absolute atomic E-state index is 12.4. The number of benzene rings is 2. The van der Waals surface area contributed by atoms with E-state index >= 15 is 0 Å². The first-order chi connectivity index (χ1) is 13.0. The number of anilines is 3. The molecule has 5 nitrogen and oxygen atoms in total. The Hall–Kier alpha value is -3.05. The number of carbonyl (C=O) groups excluding carboxylic acids is 1. The van der Waals surface area contributed by atoms with Gasteiger partial charge in [0.1, 0.15) is 5.82 Å². The first-order valence-corrected chi connectivity index (χ1v) is 8.92. The van der Waals surface area contributed by atoms with Gasteiger partial charge in [0.15, 0.2) is 0 Å². The highest BCUT2D eigenvalue weighted by atomic mass is 35.5. The minimum Gasteiger partial charge on any atom is -0.378 e. The van der Waals surface area contributed by atoms with Gasteiger partial charge in [-0.2, -0.15) is 0 Å². The van der Waals surface area contributed by atoms with E-state index in [1.807, 2.05) is 67.5 Å². The number of hydrogen-bond acceptors (Lipinski definition) is 4. The van der Waals surface area contributed by atoms with E-state index in [2.05, 4.69) is 15.6 Å². The van der Waals surface area contributed by atoms with E-state index in [0.717, 1.165) is 16.9 Å². The summed E-state index contributed by atoms with van der Waals surface area (Å²) in [6.07, 6.45) is 1.56. The zero-order valence-electron chi connectivity index (χ0n) is 15.2. The number of nitrogens with zero attached hydrogens (tertiary/aromatic N) is 2. The van der Waals surface area contributed by atoms with Gasteiger partial charge in [-0.15, -0.1) is 0 Å². The molecule has 1 heterocycles. The number of rotatable bonds is 6. The maximum atomic E-state index is 12.4. The van der Waals surface area contributed by atoms with Crippen LogP contribution in [0.3, 0.4) is 0 Å². The van der Waals surface area contributed by atoms with Crippen LogP contribution in [0.4, 0.5) is 17.2 Å². The Morgan fingerprint density at radius 1 is 1.00 bits per heavy atom. The third-order valence-electron chi connectivity index (χ3n) is 4.05. The summed E-state index contributed by atoms with van der Waals surface area (Å²) in [6.45, 7) is 0.633. The number of pyridine rings is 1. The lowest BCUT2D eigenvalue weighted by molar-refractivity contribution is 0.102. The molecule has 27 heavy (non-hydrogen) atoms. The summed E-state index contributed by atoms with van der Waals surface area (Å²) in [5.41, 5.74) is 3.43. The van der Waals surface area contributed by atoms with Gasteiger partial charge in [0, 0.05) is 43.2 Å². The molecule has 138 valence electrons. The van der Waals surface area contributed by atoms with Crippen LogP contribution in [0.1, 0.15) is 15.9 Å². The van der Waals surface area contributed by atoms with Gasteiger partial charge in [-0.3, -0.25) is 4.79 Å². The largest absolute Gasteiger partial charge is 0.378 e. The van der Waals surface area contributed by atoms with Crippen LogP contribution in [0.5, 0.6) is 0 Å². The Morgan fingerprint density at radius 2 is 1.70 bits per heavy atom. The highest BCUT2D eigenvalue weighted by Crippen LogP contribution is 2.17. The molecule has 0 aliphatic rings. The molecule has 0 radical (unpaired) electrons. The van der Waals surface area contributed by atoms with Gasteiger partial charge in [-0.1, -0.05) is 23.7 Å². The second kappa shape index (κ2) is 8.56. The van der Waals surface area contributed by atoms with Crippen molar-refractivity contribution in [2.75, 3.05) is 29.6 Å². The van der Waals surface area contributed by atoms with E-state index in [4.69, 9.17) is 11.6 Å². The predicted octanol–water partition coefficient (Wildman–Crippen LogP) is 4.67. The second-order valence-corrected chi connectivity index (χ2v) is 6.74. The van der Waals surface area contributed by atoms with E-state index in [0.29, 0.717) is 22.9 Å². The van der Waals surface area contributed by atoms with Crippen molar-refractivity contribution in [3.8, 4) is 0 Å². The number of nitrogens with one attached hydrogen (secondary N) is 2. The summed E-state index contributed by atoms with van der Waals surface area (Å²) in [5, 5.41) is 6.81. The molecule has 3 aromatic rings. The topological polar surface area (TPSA) is 57.3 Å². The highest BCUT2D eigenvalue weighted by molar-refractivity contribution is 6.30. The maximum Gasteiger partial charge on any atom is 0.257 e. The molecule has 0 fully saturated rings. The van der Waals surface area contributed by atoms with Crippen molar-refractivity contribution < 1.29 is 4.79 Å². The normalized spacial score (nSPS) is 10.3. The van der Waals surface area contributed by atoms with E-state index in [-0.39, 0.29) is 5.91 Å². The van der Waals surface area contributed by atoms with Gasteiger partial charge >= 0.3 is 0 Å². The smallest absolute Gasteiger partial charge is 0.257 e. The van der Waals surface area contributed by atoms with Gasteiger partial charge in [0.2, 0.25) is 0 Å². The molecule has 0 unspecified atom stereocenters. The molecule has 6 heteroatoms. The molecule has 0 bridgehead atoms. The molecule has 0 saturated heterocycles. The molecule has 0 saturated carbocycles. The van der Waals surface area contributed by atoms with E-state index in [9.17, 15) is 4.79 Å². The summed E-state index contributed by atoms with van der Waals surface area (Å²) in [5.74, 6) is 0.515. The second-order valence-electron chi connectivity index (χ2n) is 6.31. The lowest BCUT2D eigenvalue weighted by Crippen LogP contribution is -2.13. The van der Waals surface area contributed by atoms with Crippen LogP contribution in [-0.2, 0) is 6.54 Å². The van der Waals surface area contributed by atoms with Crippen molar-refractivity contribution in [2.24, 2.45) is 0 Å². The molecule has 3 rings (SSSR count). The Bertz CT molecular complexity index is 891. The van der Waals surface area contributed by atoms with Gasteiger partial charge in [0.05, 0.1) is 5.56 Å². The van der Waals surface area contributed by atoms with Crippen LogP contribution < -0.4 is 15.5 Å². The fourth-order valence-corrected chi connectivity index (χ4v) is 2.60. The molecule has 1 amide bonds. The lowest BCUT2D eigenvalue weighted by atomic mass is 10.2. The molecular formula is C21H21ClN4O. The van der Waals surface area contributed by atoms with Crippen LogP contribution in [0, 0.1) is 0 Å². The van der Waals surface area contributed by atoms with Crippen LogP contribution in [0.25, 0.3) is 0 Å². The number of amides is 1. The molecule has 0 spiro atoms. The van der Waals surface area contributed by atoms with Crippen molar-refractivity contribution in [3.05, 3.63) is 83.0 Å². The summed E-state index contributed by atoms with van der Waals surface area (Å²) in [7, 11) is 3.95. The molecule has 0 aliphatic carbocycles. The van der Waals surface area contributed by atoms with Crippen LogP contribution >= 0.6 is 11.6 Å². The van der Waals surface area contributed by atoms with E-state index in [1.165, 1.54) is 0 Å². The zero-order chi connectivity index (χ0) is 19.2. The number of carbonyl (C=O) groups is 1. The van der Waals surface area contributed by atoms with Crippen LogP contribution in [0.15, 0.2) is 66.9 Å². The lowest BCUT2D eigenvalue weighted by Gasteiger charge is -2.13. The van der Waals surface area contributed by atoms with E-state index in [1.54, 1.807) is 18.3 Å². The summed E-state index contributed by atoms with van der Waals surface area (Å²) in [4.78, 5) is 18.7. The molecular weight excluding hydrogens is 360 g/mol. The van der Waals surface area contributed by atoms with Gasteiger partial charge in [-0.25, -0.2) is 4.98 Å². The SMILES string of the molecule is CN(C)c1ccc(NC(=O)c2ccc(NCc3ccc(Cl)cc3)nc2)cc1. The summed E-state index contributed by atoms with van der Waals surface area (Å²) in [6, 6.07) is 18.8. The highest BCUT2D eigenvalue weighted by Gasteiger charge is 2.07. The van der Waals surface area contributed by atoms with E-state index < -0.39 is 0 Å². The van der Waals surface area contributed by atoms with Crippen molar-refractivity contribution >= 4 is 34.7 Å². The van der Waals surface area contributed by atoms with Crippen molar-refractivity contribution in [1.29, 1.82) is 0 Å². The number of halogens is 1. The fourth-order valence-electron chi connectivity index (χ4n) is 2.47. The Morgan fingerprint density at radius 3 is 2.30 bits per heavy atom. The monoisotopic (exact) mass is 380 g/mol. The Kier molecular flexibility index (Phi) is 5.94. The average molecular weight is 381 g/mol. The third-order valence-corrected chi connectivity index (χ3v) is 4.31. The molecule has 1 aromatic heterocycles. The number of aromatic nitrogens is 1. The van der Waals surface area contributed by atoms with Gasteiger partial charge in [-0.05, 0) is 54.1 Å². The Balaban J connectivity index is 1.57. The van der Waals surface area contributed by atoms with Crippen molar-refractivity contribution in [2.45, 2.75) is 6.54 Å². The zero-order valence-corrected chi connectivity index (χ0v) is 16.0. The van der Waals surface area contributed by atoms with Crippen LogP contribution in [-0.4, -0.2) is 25.0 Å². The Labute approximate surface area is 164 Å². The first kappa shape index (κ1) is 18.7. The van der Waals surface area contributed by atoms with Crippen LogP contribution in [0.2, 0.25) is 5.02 Å². The first-order valence-electron chi connectivity index (χ1n) is 8.54. The minimum absolute atomic E-state index is 0.190. The third kappa shape index (κ3) is 5.21. The van der Waals surface area contributed by atoms with Gasteiger partial charge in [0.25, 0.3) is 5.91 Å². The van der Waals surface area contributed by atoms with Gasteiger partial charge < -0.3 is 15.5 Å². The molecule has 0 atom stereocenters. The van der Waals surface area contributed by atoms with Crippen molar-refractivity contribution in [1.82, 2.24) is 4.98 Å². The quantitative estimate of drug-likeness (QED) is 0.652. The molecule has 0 aliphatic heterocycles. The summed E-state index contributed by atoms with van der Waals surface area (Å²) >= 11 is 5.88. The standard InChI is InChI=1S/C21H21ClN4O/c1-26(2)19-10-8-18(9-11-19)25-21(27)16-5-12-20(24-14-16)23-13-15-3-6-17(22)7-4-15/h3-12,14H,13H2,1-2H3,(H,23,24)(H,25,27). The molecule has 2 N–H and O–H groups in total. The predicted molar refractivity (Wildman–Crippen MR) is 112 cm³/mol. The fraction of sp³-hybridized carbons (Fsp3) is 0.143.